The number of carbonyl (C=O) groups excluding carboxylic acids is 1. The first kappa shape index (κ1) is 11.9. The fourth-order valence-corrected chi connectivity index (χ4v) is 2.10. The van der Waals surface area contributed by atoms with Gasteiger partial charge in [-0.3, -0.25) is 4.79 Å². The molecule has 0 aliphatic rings. The fraction of sp³-hybridized carbons (Fsp3) is 0.167. The third-order valence-electron chi connectivity index (χ3n) is 2.34. The average molecular weight is 296 g/mol. The second-order valence-electron chi connectivity index (χ2n) is 3.41. The van der Waals surface area contributed by atoms with E-state index >= 15 is 0 Å². The Morgan fingerprint density at radius 1 is 1.41 bits per heavy atom. The van der Waals surface area contributed by atoms with Gasteiger partial charge in [-0.25, -0.2) is 4.79 Å². The van der Waals surface area contributed by atoms with E-state index in [1.54, 1.807) is 31.2 Å². The summed E-state index contributed by atoms with van der Waals surface area (Å²) in [6.07, 6.45) is 0. The Morgan fingerprint density at radius 2 is 2.12 bits per heavy atom. The molecule has 17 heavy (non-hydrogen) atoms. The molecule has 0 amide bonds. The second kappa shape index (κ2) is 4.71. The van der Waals surface area contributed by atoms with Gasteiger partial charge in [-0.1, -0.05) is 18.2 Å². The largest absolute Gasteiger partial charge is 0.462 e. The van der Waals surface area contributed by atoms with Gasteiger partial charge >= 0.3 is 5.97 Å². The Kier molecular flexibility index (Phi) is 3.28. The summed E-state index contributed by atoms with van der Waals surface area (Å²) < 4.78 is 5.15. The first-order valence-corrected chi connectivity index (χ1v) is 5.92. The van der Waals surface area contributed by atoms with Crippen LogP contribution in [0.15, 0.2) is 33.5 Å². The van der Waals surface area contributed by atoms with E-state index in [9.17, 15) is 9.59 Å². The van der Waals surface area contributed by atoms with E-state index in [0.29, 0.717) is 10.9 Å². The Morgan fingerprint density at radius 3 is 2.82 bits per heavy atom. The van der Waals surface area contributed by atoms with Crippen LogP contribution in [0.4, 0.5) is 0 Å². The summed E-state index contributed by atoms with van der Waals surface area (Å²) in [5, 5.41) is 0.664. The van der Waals surface area contributed by atoms with Crippen molar-refractivity contribution in [2.24, 2.45) is 0 Å². The number of H-pyrrole nitrogens is 1. The van der Waals surface area contributed by atoms with Gasteiger partial charge in [0, 0.05) is 10.9 Å². The van der Waals surface area contributed by atoms with Crippen molar-refractivity contribution in [3.8, 4) is 0 Å². The number of hydrogen-bond acceptors (Lipinski definition) is 3. The van der Waals surface area contributed by atoms with Crippen LogP contribution in [0.25, 0.3) is 10.9 Å². The lowest BCUT2D eigenvalue weighted by Crippen LogP contribution is -2.15. The van der Waals surface area contributed by atoms with Crippen molar-refractivity contribution >= 4 is 32.8 Å². The van der Waals surface area contributed by atoms with Gasteiger partial charge in [0.1, 0.15) is 0 Å². The first-order chi connectivity index (χ1) is 8.15. The van der Waals surface area contributed by atoms with Gasteiger partial charge in [-0.05, 0) is 28.9 Å². The normalized spacial score (nSPS) is 10.5. The molecule has 88 valence electrons. The number of fused-ring (bicyclic) bond motifs is 1. The number of benzene rings is 1. The van der Waals surface area contributed by atoms with Crippen LogP contribution in [-0.4, -0.2) is 17.6 Å². The molecule has 0 saturated heterocycles. The summed E-state index contributed by atoms with van der Waals surface area (Å²) in [5.41, 5.74) is 0.543. The zero-order valence-electron chi connectivity index (χ0n) is 9.12. The number of hydrogen-bond donors (Lipinski definition) is 1. The number of aromatic nitrogens is 1. The van der Waals surface area contributed by atoms with Crippen LogP contribution in [0.1, 0.15) is 17.3 Å². The summed E-state index contributed by atoms with van der Waals surface area (Å²) in [7, 11) is 0. The van der Waals surface area contributed by atoms with E-state index in [-0.39, 0.29) is 22.2 Å². The predicted octanol–water partition coefficient (Wildman–Crippen LogP) is 2.47. The molecule has 1 N–H and O–H groups in total. The van der Waals surface area contributed by atoms with Crippen molar-refractivity contribution in [2.45, 2.75) is 6.92 Å². The number of rotatable bonds is 2. The summed E-state index contributed by atoms with van der Waals surface area (Å²) in [6, 6.07) is 7.10. The highest BCUT2D eigenvalue weighted by atomic mass is 79.9. The van der Waals surface area contributed by atoms with Crippen molar-refractivity contribution in [2.75, 3.05) is 6.61 Å². The number of ether oxygens (including phenoxy) is 1. The number of esters is 1. The highest BCUT2D eigenvalue weighted by Gasteiger charge is 2.18. The van der Waals surface area contributed by atoms with Crippen LogP contribution < -0.4 is 5.56 Å². The van der Waals surface area contributed by atoms with Gasteiger partial charge in [0.05, 0.1) is 16.6 Å². The highest BCUT2D eigenvalue weighted by Crippen LogP contribution is 2.22. The molecule has 0 aliphatic carbocycles. The lowest BCUT2D eigenvalue weighted by Gasteiger charge is -2.07. The van der Waals surface area contributed by atoms with E-state index in [4.69, 9.17) is 4.74 Å². The quantitative estimate of drug-likeness (QED) is 0.866. The third kappa shape index (κ3) is 2.10. The van der Waals surface area contributed by atoms with Crippen molar-refractivity contribution < 1.29 is 9.53 Å². The van der Waals surface area contributed by atoms with E-state index < -0.39 is 5.97 Å². The molecule has 5 heteroatoms. The number of nitrogens with one attached hydrogen (secondary N) is 1. The maximum absolute atomic E-state index is 11.8. The van der Waals surface area contributed by atoms with Crippen molar-refractivity contribution in [1.29, 1.82) is 0 Å². The average Bonchev–Trinajstić information content (AvgIpc) is 2.31. The zero-order valence-corrected chi connectivity index (χ0v) is 10.7. The molecule has 2 aromatic rings. The van der Waals surface area contributed by atoms with Crippen molar-refractivity contribution in [1.82, 2.24) is 4.98 Å². The molecule has 1 aromatic carbocycles. The van der Waals surface area contributed by atoms with E-state index in [1.165, 1.54) is 0 Å². The Balaban J connectivity index is 2.79. The maximum atomic E-state index is 11.8. The monoisotopic (exact) mass is 295 g/mol. The minimum Gasteiger partial charge on any atom is -0.462 e. The highest BCUT2D eigenvalue weighted by molar-refractivity contribution is 9.10. The van der Waals surface area contributed by atoms with Crippen molar-refractivity contribution in [3.05, 3.63) is 44.7 Å². The van der Waals surface area contributed by atoms with Crippen LogP contribution >= 0.6 is 15.9 Å². The lowest BCUT2D eigenvalue weighted by atomic mass is 10.1. The Hall–Kier alpha value is -1.62. The minimum atomic E-state index is -0.498. The molecule has 2 rings (SSSR count). The van der Waals surface area contributed by atoms with Crippen LogP contribution in [0.5, 0.6) is 0 Å². The van der Waals surface area contributed by atoms with E-state index in [1.807, 2.05) is 0 Å². The number of aromatic amines is 1. The van der Waals surface area contributed by atoms with Gasteiger partial charge in [0.15, 0.2) is 0 Å². The molecule has 1 heterocycles. The third-order valence-corrected chi connectivity index (χ3v) is 3.10. The number of pyridine rings is 1. The van der Waals surface area contributed by atoms with Gasteiger partial charge in [-0.2, -0.15) is 0 Å². The molecule has 0 bridgehead atoms. The molecule has 0 unspecified atom stereocenters. The van der Waals surface area contributed by atoms with Crippen LogP contribution in [0.3, 0.4) is 0 Å². The summed E-state index contributed by atoms with van der Waals surface area (Å²) in [5.74, 6) is -0.498. The summed E-state index contributed by atoms with van der Waals surface area (Å²) in [6.45, 7) is 1.99. The molecule has 0 radical (unpaired) electrons. The van der Waals surface area contributed by atoms with Crippen LogP contribution in [-0.2, 0) is 4.74 Å². The summed E-state index contributed by atoms with van der Waals surface area (Å²) >= 11 is 3.13. The first-order valence-electron chi connectivity index (χ1n) is 5.12. The molecule has 0 spiro atoms. The molecule has 4 nitrogen and oxygen atoms in total. The van der Waals surface area contributed by atoms with Gasteiger partial charge in [0.2, 0.25) is 0 Å². The van der Waals surface area contributed by atoms with Gasteiger partial charge in [-0.15, -0.1) is 0 Å². The predicted molar refractivity (Wildman–Crippen MR) is 68.2 cm³/mol. The molecule has 0 aliphatic heterocycles. The number of para-hydroxylation sites is 1. The zero-order chi connectivity index (χ0) is 12.4. The fourth-order valence-electron chi connectivity index (χ4n) is 1.62. The topological polar surface area (TPSA) is 59.2 Å². The molecule has 0 atom stereocenters. The molecule has 1 aromatic heterocycles. The molecule has 0 fully saturated rings. The standard InChI is InChI=1S/C12H10BrNO3/c1-2-17-12(16)9-7-5-3-4-6-8(7)14-11(15)10(9)13/h3-6H,2H2,1H3,(H,14,15). The number of carbonyl (C=O) groups is 1. The lowest BCUT2D eigenvalue weighted by molar-refractivity contribution is 0.0527. The molecule has 0 saturated carbocycles. The summed E-state index contributed by atoms with van der Waals surface area (Å²) in [4.78, 5) is 26.2. The van der Waals surface area contributed by atoms with Crippen LogP contribution in [0, 0.1) is 0 Å². The van der Waals surface area contributed by atoms with Gasteiger partial charge < -0.3 is 9.72 Å². The molecular weight excluding hydrogens is 286 g/mol. The maximum Gasteiger partial charge on any atom is 0.340 e. The number of halogens is 1. The second-order valence-corrected chi connectivity index (χ2v) is 4.20. The SMILES string of the molecule is CCOC(=O)c1c(Br)c(=O)[nH]c2ccccc12. The Bertz CT molecular complexity index is 633. The van der Waals surface area contributed by atoms with Crippen LogP contribution in [0.2, 0.25) is 0 Å². The molecular formula is C12H10BrNO3. The van der Waals surface area contributed by atoms with Gasteiger partial charge in [0.25, 0.3) is 5.56 Å². The van der Waals surface area contributed by atoms with E-state index in [0.717, 1.165) is 0 Å². The van der Waals surface area contributed by atoms with Crippen molar-refractivity contribution in [3.63, 3.8) is 0 Å². The van der Waals surface area contributed by atoms with E-state index in [2.05, 4.69) is 20.9 Å². The Labute approximate surface area is 106 Å². The smallest absolute Gasteiger partial charge is 0.340 e. The minimum absolute atomic E-state index is 0.203.